The van der Waals surface area contributed by atoms with Crippen LogP contribution in [0.3, 0.4) is 0 Å². The molecule has 0 spiro atoms. The molecule has 1 N–H and O–H groups in total. The van der Waals surface area contributed by atoms with E-state index in [0.29, 0.717) is 18.3 Å². The van der Waals surface area contributed by atoms with Crippen LogP contribution in [-0.2, 0) is 11.3 Å². The highest BCUT2D eigenvalue weighted by Gasteiger charge is 2.19. The van der Waals surface area contributed by atoms with Crippen LogP contribution in [0.15, 0.2) is 36.4 Å². The fraction of sp³-hybridized carbons (Fsp3) is 0.353. The molecule has 2 aromatic rings. The lowest BCUT2D eigenvalue weighted by Crippen LogP contribution is -2.40. The van der Waals surface area contributed by atoms with E-state index in [1.54, 1.807) is 12.1 Å². The molecule has 6 heteroatoms. The van der Waals surface area contributed by atoms with Crippen LogP contribution in [-0.4, -0.2) is 43.0 Å². The lowest BCUT2D eigenvalue weighted by atomic mass is 10.0. The zero-order valence-corrected chi connectivity index (χ0v) is 13.5. The van der Waals surface area contributed by atoms with Crippen molar-refractivity contribution in [3.05, 3.63) is 52.1 Å². The predicted molar refractivity (Wildman–Crippen MR) is 90.0 cm³/mol. The Labute approximate surface area is 135 Å². The van der Waals surface area contributed by atoms with E-state index in [1.165, 1.54) is 6.07 Å². The summed E-state index contributed by atoms with van der Waals surface area (Å²) in [4.78, 5) is 21.1. The third-order valence-electron chi connectivity index (χ3n) is 3.95. The van der Waals surface area contributed by atoms with Gasteiger partial charge in [-0.3, -0.25) is 14.9 Å². The van der Waals surface area contributed by atoms with Gasteiger partial charge in [0.1, 0.15) is 6.54 Å². The van der Waals surface area contributed by atoms with Crippen LogP contribution >= 0.6 is 0 Å². The SMILES string of the molecule is C[N+](C)(CCCNC=O)Cc1cccc2c([N+](=O)[O-])cccc12. The predicted octanol–water partition coefficient (Wildman–Crippen LogP) is 2.46. The highest BCUT2D eigenvalue weighted by atomic mass is 16.6. The number of hydrogen-bond acceptors (Lipinski definition) is 3. The molecule has 0 atom stereocenters. The van der Waals surface area contributed by atoms with E-state index < -0.39 is 0 Å². The number of hydrogen-bond donors (Lipinski definition) is 1. The summed E-state index contributed by atoms with van der Waals surface area (Å²) < 4.78 is 0.752. The average Bonchev–Trinajstić information content (AvgIpc) is 2.51. The summed E-state index contributed by atoms with van der Waals surface area (Å²) in [5.41, 5.74) is 1.24. The van der Waals surface area contributed by atoms with E-state index >= 15 is 0 Å². The number of nitro groups is 1. The Morgan fingerprint density at radius 2 is 1.87 bits per heavy atom. The molecule has 0 radical (unpaired) electrons. The van der Waals surface area contributed by atoms with Crippen LogP contribution in [0.4, 0.5) is 5.69 Å². The number of nitro benzene ring substituents is 1. The average molecular weight is 316 g/mol. The molecular weight excluding hydrogens is 294 g/mol. The van der Waals surface area contributed by atoms with Crippen molar-refractivity contribution in [1.29, 1.82) is 0 Å². The molecule has 0 fully saturated rings. The molecule has 0 aliphatic rings. The van der Waals surface area contributed by atoms with Crippen molar-refractivity contribution >= 4 is 22.9 Å². The van der Waals surface area contributed by atoms with Crippen molar-refractivity contribution in [2.45, 2.75) is 13.0 Å². The molecule has 0 unspecified atom stereocenters. The van der Waals surface area contributed by atoms with Crippen LogP contribution < -0.4 is 5.32 Å². The zero-order chi connectivity index (χ0) is 16.9. The molecule has 0 aliphatic heterocycles. The quantitative estimate of drug-likeness (QED) is 0.267. The molecule has 0 saturated carbocycles. The van der Waals surface area contributed by atoms with Crippen molar-refractivity contribution in [3.8, 4) is 0 Å². The number of carbonyl (C=O) groups excluding carboxylic acids is 1. The van der Waals surface area contributed by atoms with Gasteiger partial charge in [-0.15, -0.1) is 0 Å². The second-order valence-corrected chi connectivity index (χ2v) is 6.29. The third-order valence-corrected chi connectivity index (χ3v) is 3.95. The molecule has 0 aliphatic carbocycles. The maximum atomic E-state index is 11.2. The van der Waals surface area contributed by atoms with Crippen molar-refractivity contribution in [3.63, 3.8) is 0 Å². The van der Waals surface area contributed by atoms with Gasteiger partial charge >= 0.3 is 0 Å². The van der Waals surface area contributed by atoms with Crippen LogP contribution in [0.5, 0.6) is 0 Å². The summed E-state index contributed by atoms with van der Waals surface area (Å²) in [6.07, 6.45) is 1.60. The molecule has 0 heterocycles. The first-order valence-electron chi connectivity index (χ1n) is 7.59. The topological polar surface area (TPSA) is 72.2 Å². The fourth-order valence-electron chi connectivity index (χ4n) is 2.86. The molecule has 1 amide bonds. The molecule has 2 aromatic carbocycles. The number of quaternary nitrogens is 1. The monoisotopic (exact) mass is 316 g/mol. The summed E-state index contributed by atoms with van der Waals surface area (Å²) in [5.74, 6) is 0. The van der Waals surface area contributed by atoms with E-state index in [4.69, 9.17) is 0 Å². The van der Waals surface area contributed by atoms with Gasteiger partial charge < -0.3 is 9.80 Å². The normalized spacial score (nSPS) is 11.4. The zero-order valence-electron chi connectivity index (χ0n) is 13.5. The molecule has 122 valence electrons. The number of benzene rings is 2. The third kappa shape index (κ3) is 4.26. The van der Waals surface area contributed by atoms with Gasteiger partial charge in [-0.2, -0.15) is 0 Å². The van der Waals surface area contributed by atoms with Crippen molar-refractivity contribution in [2.24, 2.45) is 0 Å². The Morgan fingerprint density at radius 3 is 2.57 bits per heavy atom. The van der Waals surface area contributed by atoms with E-state index in [-0.39, 0.29) is 10.6 Å². The van der Waals surface area contributed by atoms with Gasteiger partial charge in [0.05, 0.1) is 30.9 Å². The van der Waals surface area contributed by atoms with Crippen LogP contribution in [0, 0.1) is 10.1 Å². The summed E-state index contributed by atoms with van der Waals surface area (Å²) in [5, 5.41) is 15.5. The van der Waals surface area contributed by atoms with E-state index in [0.717, 1.165) is 34.9 Å². The smallest absolute Gasteiger partial charge is 0.277 e. The second kappa shape index (κ2) is 7.19. The van der Waals surface area contributed by atoms with Crippen molar-refractivity contribution < 1.29 is 14.2 Å². The highest BCUT2D eigenvalue weighted by molar-refractivity contribution is 5.93. The van der Waals surface area contributed by atoms with Gasteiger partial charge in [0, 0.05) is 24.6 Å². The lowest BCUT2D eigenvalue weighted by molar-refractivity contribution is -0.903. The number of nitrogens with one attached hydrogen (secondary N) is 1. The number of non-ortho nitro benzene ring substituents is 1. The first kappa shape index (κ1) is 16.9. The van der Waals surface area contributed by atoms with Gasteiger partial charge in [0.15, 0.2) is 0 Å². The Hall–Kier alpha value is -2.47. The number of nitrogens with zero attached hydrogens (tertiary/aromatic N) is 2. The van der Waals surface area contributed by atoms with E-state index in [9.17, 15) is 14.9 Å². The summed E-state index contributed by atoms with van der Waals surface area (Å²) in [6, 6.07) is 10.9. The van der Waals surface area contributed by atoms with E-state index in [1.807, 2.05) is 18.2 Å². The fourth-order valence-corrected chi connectivity index (χ4v) is 2.86. The lowest BCUT2D eigenvalue weighted by Gasteiger charge is -2.30. The van der Waals surface area contributed by atoms with Gasteiger partial charge in [0.25, 0.3) is 5.69 Å². The Kier molecular flexibility index (Phi) is 5.28. The van der Waals surface area contributed by atoms with Crippen LogP contribution in [0.25, 0.3) is 10.8 Å². The largest absolute Gasteiger partial charge is 0.358 e. The van der Waals surface area contributed by atoms with Gasteiger partial charge in [-0.25, -0.2) is 0 Å². The number of rotatable bonds is 8. The molecule has 0 aromatic heterocycles. The first-order chi connectivity index (χ1) is 10.9. The van der Waals surface area contributed by atoms with Crippen molar-refractivity contribution in [1.82, 2.24) is 5.32 Å². The second-order valence-electron chi connectivity index (χ2n) is 6.29. The molecular formula is C17H22N3O3+. The Bertz CT molecular complexity index is 713. The van der Waals surface area contributed by atoms with Crippen LogP contribution in [0.1, 0.15) is 12.0 Å². The number of amides is 1. The summed E-state index contributed by atoms with van der Waals surface area (Å²) >= 11 is 0. The van der Waals surface area contributed by atoms with E-state index in [2.05, 4.69) is 19.4 Å². The molecule has 6 nitrogen and oxygen atoms in total. The maximum Gasteiger partial charge on any atom is 0.277 e. The Morgan fingerprint density at radius 1 is 1.17 bits per heavy atom. The highest BCUT2D eigenvalue weighted by Crippen LogP contribution is 2.29. The molecule has 2 rings (SSSR count). The van der Waals surface area contributed by atoms with Gasteiger partial charge in [-0.1, -0.05) is 24.3 Å². The van der Waals surface area contributed by atoms with Crippen LogP contribution in [0.2, 0.25) is 0 Å². The molecule has 23 heavy (non-hydrogen) atoms. The standard InChI is InChI=1S/C17H21N3O3/c1-20(2,11-5-10-18-13-21)12-14-6-3-8-16-15(14)7-4-9-17(16)19(22)23/h3-4,6-9,13H,5,10-12H2,1-2H3/p+1. The minimum atomic E-state index is -0.336. The minimum absolute atomic E-state index is 0.143. The summed E-state index contributed by atoms with van der Waals surface area (Å²) in [6.45, 7) is 2.35. The van der Waals surface area contributed by atoms with Crippen molar-refractivity contribution in [2.75, 3.05) is 27.2 Å². The first-order valence-corrected chi connectivity index (χ1v) is 7.59. The Balaban J connectivity index is 2.24. The molecule has 0 bridgehead atoms. The number of carbonyl (C=O) groups is 1. The van der Waals surface area contributed by atoms with Gasteiger partial charge in [-0.05, 0) is 11.5 Å². The summed E-state index contributed by atoms with van der Waals surface area (Å²) in [7, 11) is 4.24. The minimum Gasteiger partial charge on any atom is -0.358 e. The maximum absolute atomic E-state index is 11.2. The van der Waals surface area contributed by atoms with Gasteiger partial charge in [0.2, 0.25) is 6.41 Å². The number of fused-ring (bicyclic) bond motifs is 1. The molecule has 0 saturated heterocycles.